The van der Waals surface area contributed by atoms with E-state index in [1.807, 2.05) is 12.1 Å². The Morgan fingerprint density at radius 1 is 1.03 bits per heavy atom. The normalized spacial score (nSPS) is 15.0. The largest absolute Gasteiger partial charge is 0.573 e. The molecule has 0 radical (unpaired) electrons. The Kier molecular flexibility index (Phi) is 6.62. The molecular weight excluding hydrogens is 395 g/mol. The van der Waals surface area contributed by atoms with E-state index in [9.17, 15) is 18.0 Å². The van der Waals surface area contributed by atoms with Crippen molar-refractivity contribution in [3.63, 3.8) is 0 Å². The van der Waals surface area contributed by atoms with Crippen molar-refractivity contribution < 1.29 is 22.7 Å². The van der Waals surface area contributed by atoms with Gasteiger partial charge in [-0.05, 0) is 42.8 Å². The second-order valence-corrected chi connectivity index (χ2v) is 6.74. The Balaban J connectivity index is 1.63. The van der Waals surface area contributed by atoms with Crippen LogP contribution in [0.1, 0.15) is 17.5 Å². The molecule has 3 rings (SSSR count). The number of anilines is 1. The minimum atomic E-state index is -4.80. The van der Waals surface area contributed by atoms with Gasteiger partial charge in [-0.3, -0.25) is 4.79 Å². The molecule has 2 aromatic carbocycles. The minimum Gasteiger partial charge on any atom is -0.405 e. The maximum atomic E-state index is 12.6. The number of para-hydroxylation sites is 1. The van der Waals surface area contributed by atoms with Crippen LogP contribution in [0.3, 0.4) is 0 Å². The van der Waals surface area contributed by atoms with E-state index in [0.717, 1.165) is 18.7 Å². The van der Waals surface area contributed by atoms with Crippen molar-refractivity contribution in [1.82, 2.24) is 4.90 Å². The lowest BCUT2D eigenvalue weighted by Gasteiger charge is -2.23. The lowest BCUT2D eigenvalue weighted by atomic mass is 10.2. The zero-order valence-corrected chi connectivity index (χ0v) is 16.1. The smallest absolute Gasteiger partial charge is 0.405 e. The molecular formula is C22H20F3N3O2. The third kappa shape index (κ3) is 5.77. The fourth-order valence-electron chi connectivity index (χ4n) is 3.25. The summed E-state index contributed by atoms with van der Waals surface area (Å²) in [5.41, 5.74) is 1.75. The predicted molar refractivity (Wildman–Crippen MR) is 107 cm³/mol. The standard InChI is InChI=1S/C22H20F3N3O2/c23-22(24,25)30-20-5-2-1-4-18(20)8-11-21(29)28-13-3-12-27(14-15-28)19-9-6-17(16-26)7-10-19/h1-2,4-11H,3,12-15H2/b11-8+. The Morgan fingerprint density at radius 3 is 2.47 bits per heavy atom. The first kappa shape index (κ1) is 21.2. The molecule has 1 heterocycles. The van der Waals surface area contributed by atoms with Crippen LogP contribution in [-0.4, -0.2) is 43.3 Å². The maximum Gasteiger partial charge on any atom is 0.573 e. The average Bonchev–Trinajstić information content (AvgIpc) is 2.98. The summed E-state index contributed by atoms with van der Waals surface area (Å²) in [6.45, 7) is 2.43. The van der Waals surface area contributed by atoms with E-state index in [-0.39, 0.29) is 17.2 Å². The summed E-state index contributed by atoms with van der Waals surface area (Å²) >= 11 is 0. The van der Waals surface area contributed by atoms with Crippen molar-refractivity contribution in [1.29, 1.82) is 5.26 Å². The number of hydrogen-bond acceptors (Lipinski definition) is 4. The fourth-order valence-corrected chi connectivity index (χ4v) is 3.25. The van der Waals surface area contributed by atoms with Gasteiger partial charge < -0.3 is 14.5 Å². The summed E-state index contributed by atoms with van der Waals surface area (Å²) in [4.78, 5) is 16.4. The van der Waals surface area contributed by atoms with E-state index in [1.54, 1.807) is 23.1 Å². The van der Waals surface area contributed by atoms with E-state index in [2.05, 4.69) is 15.7 Å². The van der Waals surface area contributed by atoms with Gasteiger partial charge >= 0.3 is 6.36 Å². The van der Waals surface area contributed by atoms with Crippen molar-refractivity contribution in [3.8, 4) is 11.8 Å². The molecule has 5 nitrogen and oxygen atoms in total. The van der Waals surface area contributed by atoms with Gasteiger partial charge in [0.1, 0.15) is 5.75 Å². The van der Waals surface area contributed by atoms with E-state index >= 15 is 0 Å². The number of nitrogens with zero attached hydrogens (tertiary/aromatic N) is 3. The molecule has 8 heteroatoms. The predicted octanol–water partition coefficient (Wildman–Crippen LogP) is 4.21. The molecule has 1 saturated heterocycles. The topological polar surface area (TPSA) is 56.6 Å². The van der Waals surface area contributed by atoms with Crippen LogP contribution in [0, 0.1) is 11.3 Å². The summed E-state index contributed by atoms with van der Waals surface area (Å²) in [5.74, 6) is -0.615. The van der Waals surface area contributed by atoms with Crippen LogP contribution >= 0.6 is 0 Å². The van der Waals surface area contributed by atoms with Crippen molar-refractivity contribution in [2.45, 2.75) is 12.8 Å². The molecule has 0 aliphatic carbocycles. The van der Waals surface area contributed by atoms with Crippen LogP contribution in [0.4, 0.5) is 18.9 Å². The molecule has 1 aliphatic rings. The van der Waals surface area contributed by atoms with E-state index < -0.39 is 6.36 Å². The zero-order chi connectivity index (χ0) is 21.6. The summed E-state index contributed by atoms with van der Waals surface area (Å²) in [6, 6.07) is 15.0. The molecule has 156 valence electrons. The molecule has 30 heavy (non-hydrogen) atoms. The van der Waals surface area contributed by atoms with E-state index in [1.165, 1.54) is 30.4 Å². The number of amides is 1. The number of halogens is 3. The third-order valence-corrected chi connectivity index (χ3v) is 4.72. The maximum absolute atomic E-state index is 12.6. The molecule has 0 saturated carbocycles. The van der Waals surface area contributed by atoms with Gasteiger partial charge in [-0.15, -0.1) is 13.2 Å². The molecule has 1 aliphatic heterocycles. The second-order valence-electron chi connectivity index (χ2n) is 6.74. The van der Waals surface area contributed by atoms with Crippen molar-refractivity contribution in [2.24, 2.45) is 0 Å². The molecule has 0 bridgehead atoms. The van der Waals surface area contributed by atoms with Crippen molar-refractivity contribution >= 4 is 17.7 Å². The van der Waals surface area contributed by atoms with Gasteiger partial charge in [-0.1, -0.05) is 18.2 Å². The van der Waals surface area contributed by atoms with Crippen LogP contribution in [-0.2, 0) is 4.79 Å². The molecule has 1 fully saturated rings. The van der Waals surface area contributed by atoms with Crippen LogP contribution < -0.4 is 9.64 Å². The summed E-state index contributed by atoms with van der Waals surface area (Å²) < 4.78 is 41.6. The van der Waals surface area contributed by atoms with Crippen LogP contribution in [0.25, 0.3) is 6.08 Å². The Labute approximate surface area is 172 Å². The summed E-state index contributed by atoms with van der Waals surface area (Å²) in [7, 11) is 0. The summed E-state index contributed by atoms with van der Waals surface area (Å²) in [5, 5.41) is 8.91. The molecule has 0 N–H and O–H groups in total. The highest BCUT2D eigenvalue weighted by Crippen LogP contribution is 2.27. The van der Waals surface area contributed by atoms with Gasteiger partial charge in [0, 0.05) is 43.5 Å². The molecule has 0 aromatic heterocycles. The van der Waals surface area contributed by atoms with Crippen LogP contribution in [0.2, 0.25) is 0 Å². The lowest BCUT2D eigenvalue weighted by Crippen LogP contribution is -2.34. The highest BCUT2D eigenvalue weighted by Gasteiger charge is 2.31. The SMILES string of the molecule is N#Cc1ccc(N2CCCN(C(=O)/C=C/c3ccccc3OC(F)(F)F)CC2)cc1. The third-order valence-electron chi connectivity index (χ3n) is 4.72. The van der Waals surface area contributed by atoms with Gasteiger partial charge in [0.25, 0.3) is 0 Å². The van der Waals surface area contributed by atoms with Gasteiger partial charge in [0.05, 0.1) is 11.6 Å². The molecule has 0 atom stereocenters. The van der Waals surface area contributed by atoms with Crippen LogP contribution in [0.15, 0.2) is 54.6 Å². The number of alkyl halides is 3. The lowest BCUT2D eigenvalue weighted by molar-refractivity contribution is -0.274. The highest BCUT2D eigenvalue weighted by atomic mass is 19.4. The molecule has 0 spiro atoms. The van der Waals surface area contributed by atoms with Gasteiger partial charge in [0.2, 0.25) is 5.91 Å². The van der Waals surface area contributed by atoms with E-state index in [4.69, 9.17) is 5.26 Å². The molecule has 1 amide bonds. The Morgan fingerprint density at radius 2 is 1.77 bits per heavy atom. The molecule has 0 unspecified atom stereocenters. The van der Waals surface area contributed by atoms with Gasteiger partial charge in [0.15, 0.2) is 0 Å². The quantitative estimate of drug-likeness (QED) is 0.702. The summed E-state index contributed by atoms with van der Waals surface area (Å²) in [6.07, 6.45) is -1.43. The van der Waals surface area contributed by atoms with E-state index in [0.29, 0.717) is 25.2 Å². The first-order valence-corrected chi connectivity index (χ1v) is 9.42. The molecule has 2 aromatic rings. The Hall–Kier alpha value is -3.47. The minimum absolute atomic E-state index is 0.178. The van der Waals surface area contributed by atoms with Gasteiger partial charge in [-0.25, -0.2) is 0 Å². The number of nitriles is 1. The number of ether oxygens (including phenoxy) is 1. The average molecular weight is 415 g/mol. The van der Waals surface area contributed by atoms with Crippen LogP contribution in [0.5, 0.6) is 5.75 Å². The number of hydrogen-bond donors (Lipinski definition) is 0. The number of carbonyl (C=O) groups is 1. The first-order chi connectivity index (χ1) is 14.4. The number of benzene rings is 2. The van der Waals surface area contributed by atoms with Crippen molar-refractivity contribution in [3.05, 3.63) is 65.7 Å². The Bertz CT molecular complexity index is 949. The first-order valence-electron chi connectivity index (χ1n) is 9.42. The van der Waals surface area contributed by atoms with Gasteiger partial charge in [-0.2, -0.15) is 5.26 Å². The van der Waals surface area contributed by atoms with Crippen molar-refractivity contribution in [2.75, 3.05) is 31.1 Å². The fraction of sp³-hybridized carbons (Fsp3) is 0.273. The number of rotatable bonds is 4. The second kappa shape index (κ2) is 9.35. The monoisotopic (exact) mass is 415 g/mol. The zero-order valence-electron chi connectivity index (χ0n) is 16.1. The highest BCUT2D eigenvalue weighted by molar-refractivity contribution is 5.92. The number of carbonyl (C=O) groups excluding carboxylic acids is 1.